The van der Waals surface area contributed by atoms with Crippen LogP contribution in [0.5, 0.6) is 5.88 Å². The lowest BCUT2D eigenvalue weighted by atomic mass is 9.78. The van der Waals surface area contributed by atoms with E-state index in [4.69, 9.17) is 14.2 Å². The molecule has 0 aromatic carbocycles. The summed E-state index contributed by atoms with van der Waals surface area (Å²) in [4.78, 5) is 17.4. The number of aromatic nitrogens is 1. The van der Waals surface area contributed by atoms with Gasteiger partial charge in [-0.25, -0.2) is 4.98 Å². The Kier molecular flexibility index (Phi) is 7.85. The maximum Gasteiger partial charge on any atom is 0.256 e. The van der Waals surface area contributed by atoms with Gasteiger partial charge in [0.2, 0.25) is 5.88 Å². The van der Waals surface area contributed by atoms with Crippen LogP contribution in [0, 0.1) is 12.8 Å². The van der Waals surface area contributed by atoms with Crippen LogP contribution in [0.25, 0.3) is 0 Å². The van der Waals surface area contributed by atoms with Gasteiger partial charge in [-0.1, -0.05) is 6.92 Å². The third kappa shape index (κ3) is 5.42. The molecule has 1 fully saturated rings. The highest BCUT2D eigenvalue weighted by Gasteiger charge is 2.42. The molecule has 6 nitrogen and oxygen atoms in total. The van der Waals surface area contributed by atoms with Gasteiger partial charge in [-0.2, -0.15) is 0 Å². The number of anilines is 1. The molecule has 2 rings (SSSR count). The summed E-state index contributed by atoms with van der Waals surface area (Å²) >= 11 is 0. The molecule has 0 bridgehead atoms. The maximum atomic E-state index is 13.0. The third-order valence-electron chi connectivity index (χ3n) is 4.91. The summed E-state index contributed by atoms with van der Waals surface area (Å²) in [6.07, 6.45) is 3.55. The normalized spacial score (nSPS) is 22.8. The van der Waals surface area contributed by atoms with E-state index >= 15 is 0 Å². The Bertz CT molecular complexity index is 583. The van der Waals surface area contributed by atoms with E-state index in [0.29, 0.717) is 43.9 Å². The summed E-state index contributed by atoms with van der Waals surface area (Å²) in [5.41, 5.74) is 0.702. The minimum absolute atomic E-state index is 0.0684. The largest absolute Gasteiger partial charge is 0.475 e. The Balaban J connectivity index is 2.00. The first-order chi connectivity index (χ1) is 12.5. The van der Waals surface area contributed by atoms with Gasteiger partial charge in [0.15, 0.2) is 0 Å². The Labute approximate surface area is 156 Å². The van der Waals surface area contributed by atoms with Gasteiger partial charge >= 0.3 is 0 Å². The fraction of sp³-hybridized carbons (Fsp3) is 0.700. The van der Waals surface area contributed by atoms with Crippen molar-refractivity contribution >= 4 is 11.6 Å². The zero-order chi connectivity index (χ0) is 19.0. The number of aryl methyl sites for hydroxylation is 1. The second-order valence-electron chi connectivity index (χ2n) is 6.89. The van der Waals surface area contributed by atoms with Gasteiger partial charge in [-0.05, 0) is 58.4 Å². The average molecular weight is 364 g/mol. The van der Waals surface area contributed by atoms with Crippen molar-refractivity contribution in [3.05, 3.63) is 17.8 Å². The van der Waals surface area contributed by atoms with E-state index in [-0.39, 0.29) is 5.91 Å². The topological polar surface area (TPSA) is 69.7 Å². The second-order valence-corrected chi connectivity index (χ2v) is 6.89. The fourth-order valence-electron chi connectivity index (χ4n) is 3.28. The summed E-state index contributed by atoms with van der Waals surface area (Å²) in [5, 5.41) is 3.02. The van der Waals surface area contributed by atoms with Gasteiger partial charge in [0.1, 0.15) is 12.2 Å². The van der Waals surface area contributed by atoms with Gasteiger partial charge < -0.3 is 19.5 Å². The lowest BCUT2D eigenvalue weighted by Gasteiger charge is -2.37. The average Bonchev–Trinajstić information content (AvgIpc) is 2.63. The number of nitrogens with one attached hydrogen (secondary N) is 1. The molecule has 1 aliphatic rings. The summed E-state index contributed by atoms with van der Waals surface area (Å²) in [7, 11) is 0. The number of carbonyl (C=O) groups is 1. The van der Waals surface area contributed by atoms with E-state index in [1.165, 1.54) is 0 Å². The molecular weight excluding hydrogens is 332 g/mol. The van der Waals surface area contributed by atoms with Crippen LogP contribution in [0.2, 0.25) is 0 Å². The van der Waals surface area contributed by atoms with Gasteiger partial charge in [-0.3, -0.25) is 4.79 Å². The molecule has 0 radical (unpaired) electrons. The highest BCUT2D eigenvalue weighted by Crippen LogP contribution is 2.36. The van der Waals surface area contributed by atoms with E-state index in [1.54, 1.807) is 6.07 Å². The summed E-state index contributed by atoms with van der Waals surface area (Å²) < 4.78 is 16.7. The zero-order valence-corrected chi connectivity index (χ0v) is 16.5. The van der Waals surface area contributed by atoms with Gasteiger partial charge in [0, 0.05) is 19.3 Å². The van der Waals surface area contributed by atoms with E-state index < -0.39 is 5.60 Å². The quantitative estimate of drug-likeness (QED) is 0.676. The molecule has 0 atom stereocenters. The number of rotatable bonds is 9. The third-order valence-corrected chi connectivity index (χ3v) is 4.91. The van der Waals surface area contributed by atoms with E-state index in [2.05, 4.69) is 17.2 Å². The van der Waals surface area contributed by atoms with Crippen LogP contribution in [-0.2, 0) is 14.3 Å². The molecule has 0 spiro atoms. The lowest BCUT2D eigenvalue weighted by Crippen LogP contribution is -2.48. The van der Waals surface area contributed by atoms with Crippen LogP contribution >= 0.6 is 0 Å². The molecule has 1 aromatic heterocycles. The zero-order valence-electron chi connectivity index (χ0n) is 16.5. The van der Waals surface area contributed by atoms with Crippen LogP contribution in [0.3, 0.4) is 0 Å². The molecule has 0 unspecified atom stereocenters. The van der Waals surface area contributed by atoms with Crippen LogP contribution in [0.1, 0.15) is 52.1 Å². The monoisotopic (exact) mass is 364 g/mol. The van der Waals surface area contributed by atoms with Crippen molar-refractivity contribution < 1.29 is 19.0 Å². The van der Waals surface area contributed by atoms with Crippen LogP contribution in [0.4, 0.5) is 5.69 Å². The number of carbonyl (C=O) groups excluding carboxylic acids is 1. The van der Waals surface area contributed by atoms with Gasteiger partial charge in [0.05, 0.1) is 18.0 Å². The summed E-state index contributed by atoms with van der Waals surface area (Å²) in [5.74, 6) is 1.11. The standard InChI is InChI=1S/C20H32N2O4/c1-5-24-13-14-25-18-8-7-17(16(4)21-18)22-19(23)20(26-6-2)11-9-15(3)10-12-20/h7-8,15H,5-6,9-14H2,1-4H3,(H,22,23). The van der Waals surface area contributed by atoms with Crippen molar-refractivity contribution in [1.29, 1.82) is 0 Å². The second kappa shape index (κ2) is 9.88. The molecule has 146 valence electrons. The molecule has 1 heterocycles. The predicted octanol–water partition coefficient (Wildman–Crippen LogP) is 3.73. The van der Waals surface area contributed by atoms with Crippen molar-refractivity contribution in [2.24, 2.45) is 5.92 Å². The highest BCUT2D eigenvalue weighted by molar-refractivity contribution is 5.97. The van der Waals surface area contributed by atoms with Crippen LogP contribution in [0.15, 0.2) is 12.1 Å². The minimum Gasteiger partial charge on any atom is -0.475 e. The molecule has 0 aliphatic heterocycles. The molecule has 26 heavy (non-hydrogen) atoms. The van der Waals surface area contributed by atoms with Crippen molar-refractivity contribution in [3.8, 4) is 5.88 Å². The molecule has 1 aliphatic carbocycles. The number of hydrogen-bond acceptors (Lipinski definition) is 5. The van der Waals surface area contributed by atoms with E-state index in [9.17, 15) is 4.79 Å². The Hall–Kier alpha value is -1.66. The van der Waals surface area contributed by atoms with E-state index in [0.717, 1.165) is 31.4 Å². The smallest absolute Gasteiger partial charge is 0.256 e. The number of ether oxygens (including phenoxy) is 3. The highest BCUT2D eigenvalue weighted by atomic mass is 16.5. The van der Waals surface area contributed by atoms with Crippen molar-refractivity contribution in [1.82, 2.24) is 4.98 Å². The fourth-order valence-corrected chi connectivity index (χ4v) is 3.28. The number of amides is 1. The molecular formula is C20H32N2O4. The Morgan fingerprint density at radius 2 is 1.96 bits per heavy atom. The van der Waals surface area contributed by atoms with Crippen molar-refractivity contribution in [3.63, 3.8) is 0 Å². The van der Waals surface area contributed by atoms with Crippen LogP contribution in [-0.4, -0.2) is 42.9 Å². The first-order valence-electron chi connectivity index (χ1n) is 9.64. The SMILES string of the molecule is CCOCCOc1ccc(NC(=O)C2(OCC)CCC(C)CC2)c(C)n1. The maximum absolute atomic E-state index is 13.0. The van der Waals surface area contributed by atoms with E-state index in [1.807, 2.05) is 26.8 Å². The molecule has 0 saturated heterocycles. The minimum atomic E-state index is -0.722. The summed E-state index contributed by atoms with van der Waals surface area (Å²) in [6, 6.07) is 3.60. The lowest BCUT2D eigenvalue weighted by molar-refractivity contribution is -0.146. The molecule has 1 saturated carbocycles. The first kappa shape index (κ1) is 20.6. The molecule has 1 amide bonds. The summed E-state index contributed by atoms with van der Waals surface area (Å²) in [6.45, 7) is 10.2. The van der Waals surface area contributed by atoms with Crippen molar-refractivity contribution in [2.75, 3.05) is 31.7 Å². The van der Waals surface area contributed by atoms with Gasteiger partial charge in [0.25, 0.3) is 5.91 Å². The predicted molar refractivity (Wildman–Crippen MR) is 102 cm³/mol. The molecule has 6 heteroatoms. The van der Waals surface area contributed by atoms with Crippen molar-refractivity contribution in [2.45, 2.75) is 59.0 Å². The molecule has 1 N–H and O–H groups in total. The number of pyridine rings is 1. The number of nitrogens with zero attached hydrogens (tertiary/aromatic N) is 1. The van der Waals surface area contributed by atoms with Crippen LogP contribution < -0.4 is 10.1 Å². The molecule has 1 aromatic rings. The Morgan fingerprint density at radius 1 is 1.23 bits per heavy atom. The Morgan fingerprint density at radius 3 is 2.58 bits per heavy atom. The number of hydrogen-bond donors (Lipinski definition) is 1. The van der Waals surface area contributed by atoms with Gasteiger partial charge in [-0.15, -0.1) is 0 Å². The first-order valence-corrected chi connectivity index (χ1v) is 9.64.